The first-order valence-electron chi connectivity index (χ1n) is 7.17. The summed E-state index contributed by atoms with van der Waals surface area (Å²) in [6, 6.07) is 0. The smallest absolute Gasteiger partial charge is 0 e. The van der Waals surface area contributed by atoms with E-state index in [4.69, 9.17) is 0 Å². The van der Waals surface area contributed by atoms with Crippen LogP contribution in [0.2, 0.25) is 0 Å². The Morgan fingerprint density at radius 1 is 0.750 bits per heavy atom. The summed E-state index contributed by atoms with van der Waals surface area (Å²) in [6.45, 7) is 2.47. The molecular formula is C14H27NaP. The SMILES string of the molecule is CCP(C1CCCCC1)C1CCCCC1.[Na]. The fourth-order valence-electron chi connectivity index (χ4n) is 3.64. The summed E-state index contributed by atoms with van der Waals surface area (Å²) in [4.78, 5) is 0. The molecule has 2 aliphatic carbocycles. The molecule has 0 heterocycles. The van der Waals surface area contributed by atoms with Crippen LogP contribution >= 0.6 is 7.92 Å². The zero-order valence-corrected chi connectivity index (χ0v) is 14.3. The van der Waals surface area contributed by atoms with Crippen molar-refractivity contribution >= 4 is 37.5 Å². The summed E-state index contributed by atoms with van der Waals surface area (Å²) in [7, 11) is 0.405. The van der Waals surface area contributed by atoms with E-state index < -0.39 is 0 Å². The third-order valence-electron chi connectivity index (χ3n) is 4.45. The molecule has 0 nitrogen and oxygen atoms in total. The predicted molar refractivity (Wildman–Crippen MR) is 77.0 cm³/mol. The van der Waals surface area contributed by atoms with Crippen molar-refractivity contribution < 1.29 is 0 Å². The van der Waals surface area contributed by atoms with Crippen molar-refractivity contribution in [1.82, 2.24) is 0 Å². The van der Waals surface area contributed by atoms with Crippen LogP contribution in [0.1, 0.15) is 71.1 Å². The summed E-state index contributed by atoms with van der Waals surface area (Å²) >= 11 is 0. The molecule has 0 aromatic rings. The van der Waals surface area contributed by atoms with Gasteiger partial charge in [-0.2, -0.15) is 0 Å². The fraction of sp³-hybridized carbons (Fsp3) is 1.00. The molecular weight excluding hydrogens is 222 g/mol. The molecule has 2 heteroatoms. The van der Waals surface area contributed by atoms with Gasteiger partial charge in [0.2, 0.25) is 0 Å². The molecule has 1 radical (unpaired) electrons. The van der Waals surface area contributed by atoms with Gasteiger partial charge < -0.3 is 0 Å². The number of rotatable bonds is 3. The predicted octanol–water partition coefficient (Wildman–Crippen LogP) is 4.77. The molecule has 0 aromatic heterocycles. The van der Waals surface area contributed by atoms with Crippen molar-refractivity contribution in [2.75, 3.05) is 6.16 Å². The van der Waals surface area contributed by atoms with Gasteiger partial charge in [-0.1, -0.05) is 45.4 Å². The Morgan fingerprint density at radius 2 is 1.12 bits per heavy atom. The van der Waals surface area contributed by atoms with Crippen LogP contribution < -0.4 is 0 Å². The van der Waals surface area contributed by atoms with Crippen LogP contribution in [0.15, 0.2) is 0 Å². The second-order valence-corrected chi connectivity index (χ2v) is 8.54. The largest absolute Gasteiger partial charge is 0.101 e. The monoisotopic (exact) mass is 249 g/mol. The fourth-order valence-corrected chi connectivity index (χ4v) is 7.33. The van der Waals surface area contributed by atoms with Crippen LogP contribution in [0.25, 0.3) is 0 Å². The minimum absolute atomic E-state index is 0. The van der Waals surface area contributed by atoms with Gasteiger partial charge in [0.25, 0.3) is 0 Å². The Hall–Kier alpha value is 1.43. The second kappa shape index (κ2) is 8.52. The van der Waals surface area contributed by atoms with E-state index in [0.29, 0.717) is 7.92 Å². The van der Waals surface area contributed by atoms with E-state index in [9.17, 15) is 0 Å². The molecule has 0 saturated heterocycles. The molecule has 0 unspecified atom stereocenters. The first-order chi connectivity index (χ1) is 7.42. The van der Waals surface area contributed by atoms with Crippen molar-refractivity contribution in [2.45, 2.75) is 82.4 Å². The van der Waals surface area contributed by atoms with Crippen molar-refractivity contribution in [3.63, 3.8) is 0 Å². The molecule has 2 saturated carbocycles. The Balaban J connectivity index is 0.00000128. The summed E-state index contributed by atoms with van der Waals surface area (Å²) in [5.74, 6) is 0. The Kier molecular flexibility index (Phi) is 8.24. The van der Waals surface area contributed by atoms with Gasteiger partial charge >= 0.3 is 0 Å². The van der Waals surface area contributed by atoms with Crippen molar-refractivity contribution in [3.05, 3.63) is 0 Å². The molecule has 0 aliphatic heterocycles. The maximum atomic E-state index is 2.47. The quantitative estimate of drug-likeness (QED) is 0.499. The molecule has 0 amide bonds. The average Bonchev–Trinajstić information content (AvgIpc) is 2.33. The van der Waals surface area contributed by atoms with Gasteiger partial charge in [-0.3, -0.25) is 0 Å². The number of hydrogen-bond donors (Lipinski definition) is 0. The Labute approximate surface area is 125 Å². The van der Waals surface area contributed by atoms with E-state index in [1.165, 1.54) is 56.0 Å². The third kappa shape index (κ3) is 4.27. The topological polar surface area (TPSA) is 0 Å². The number of hydrogen-bond acceptors (Lipinski definition) is 0. The standard InChI is InChI=1S/C14H27P.Na/c1-2-15(13-9-5-3-6-10-13)14-11-7-4-8-12-14;/h13-14H,2-12H2,1H3;. The van der Waals surface area contributed by atoms with Gasteiger partial charge in [0.05, 0.1) is 0 Å². The summed E-state index contributed by atoms with van der Waals surface area (Å²) in [5.41, 5.74) is 2.34. The molecule has 0 bridgehead atoms. The Morgan fingerprint density at radius 3 is 1.44 bits per heavy atom. The normalized spacial score (nSPS) is 24.4. The van der Waals surface area contributed by atoms with E-state index in [0.717, 1.165) is 0 Å². The Bertz CT molecular complexity index is 154. The molecule has 2 fully saturated rings. The van der Waals surface area contributed by atoms with Crippen LogP contribution in [0.4, 0.5) is 0 Å². The van der Waals surface area contributed by atoms with E-state index in [2.05, 4.69) is 6.92 Å². The van der Waals surface area contributed by atoms with Gasteiger partial charge in [-0.25, -0.2) is 0 Å². The van der Waals surface area contributed by atoms with Crippen molar-refractivity contribution in [3.8, 4) is 0 Å². The third-order valence-corrected chi connectivity index (χ3v) is 8.09. The first-order valence-corrected chi connectivity index (χ1v) is 8.84. The molecule has 2 rings (SSSR count). The molecule has 2 aliphatic rings. The summed E-state index contributed by atoms with van der Waals surface area (Å²) in [6.07, 6.45) is 17.0. The van der Waals surface area contributed by atoms with E-state index in [1.54, 1.807) is 25.7 Å². The molecule has 0 spiro atoms. The van der Waals surface area contributed by atoms with E-state index in [-0.39, 0.29) is 29.6 Å². The van der Waals surface area contributed by atoms with Crippen LogP contribution in [0, 0.1) is 0 Å². The minimum atomic E-state index is 0. The summed E-state index contributed by atoms with van der Waals surface area (Å²) < 4.78 is 0. The van der Waals surface area contributed by atoms with Crippen molar-refractivity contribution in [1.29, 1.82) is 0 Å². The summed E-state index contributed by atoms with van der Waals surface area (Å²) in [5, 5.41) is 0. The minimum Gasteiger partial charge on any atom is -0.101 e. The van der Waals surface area contributed by atoms with Gasteiger partial charge in [0.15, 0.2) is 0 Å². The zero-order valence-electron chi connectivity index (χ0n) is 11.4. The van der Waals surface area contributed by atoms with E-state index in [1.807, 2.05) is 0 Å². The van der Waals surface area contributed by atoms with Crippen LogP contribution in [0.3, 0.4) is 0 Å². The van der Waals surface area contributed by atoms with E-state index >= 15 is 0 Å². The molecule has 0 N–H and O–H groups in total. The molecule has 16 heavy (non-hydrogen) atoms. The maximum absolute atomic E-state index is 2.47. The van der Waals surface area contributed by atoms with Gasteiger partial charge in [0, 0.05) is 29.6 Å². The van der Waals surface area contributed by atoms with Crippen LogP contribution in [-0.4, -0.2) is 47.0 Å². The molecule has 0 aromatic carbocycles. The zero-order chi connectivity index (χ0) is 10.5. The maximum Gasteiger partial charge on any atom is 0 e. The van der Waals surface area contributed by atoms with Gasteiger partial charge in [-0.05, 0) is 43.2 Å². The molecule has 0 atom stereocenters. The van der Waals surface area contributed by atoms with Crippen LogP contribution in [0.5, 0.6) is 0 Å². The molecule has 89 valence electrons. The van der Waals surface area contributed by atoms with Crippen molar-refractivity contribution in [2.24, 2.45) is 0 Å². The first kappa shape index (κ1) is 15.5. The van der Waals surface area contributed by atoms with Crippen LogP contribution in [-0.2, 0) is 0 Å². The average molecular weight is 249 g/mol. The second-order valence-electron chi connectivity index (χ2n) is 5.41. The van der Waals surface area contributed by atoms with Gasteiger partial charge in [0.1, 0.15) is 0 Å². The van der Waals surface area contributed by atoms with Gasteiger partial charge in [-0.15, -0.1) is 7.92 Å².